The Hall–Kier alpha value is -3.37. The van der Waals surface area contributed by atoms with E-state index in [0.29, 0.717) is 24.5 Å². The molecule has 1 aliphatic rings. The first kappa shape index (κ1) is 22.8. The molecule has 1 fully saturated rings. The zero-order chi connectivity index (χ0) is 23.8. The molecular weight excluding hydrogens is 442 g/mol. The van der Waals surface area contributed by atoms with Crippen molar-refractivity contribution >= 4 is 21.5 Å². The van der Waals surface area contributed by atoms with Gasteiger partial charge in [-0.2, -0.15) is 4.31 Å². The number of nitro benzene ring substituents is 1. The van der Waals surface area contributed by atoms with Gasteiger partial charge in [-0.1, -0.05) is 18.2 Å². The van der Waals surface area contributed by atoms with Crippen LogP contribution in [0.5, 0.6) is 0 Å². The van der Waals surface area contributed by atoms with E-state index in [1.807, 2.05) is 23.1 Å². The van der Waals surface area contributed by atoms with Gasteiger partial charge in [0.15, 0.2) is 5.82 Å². The lowest BCUT2D eigenvalue weighted by Gasteiger charge is -2.34. The number of nitro groups is 1. The maximum absolute atomic E-state index is 13.1. The fourth-order valence-corrected chi connectivity index (χ4v) is 5.49. The molecule has 0 atom stereocenters. The van der Waals surface area contributed by atoms with Crippen LogP contribution in [0, 0.1) is 30.9 Å². The second kappa shape index (κ2) is 8.87. The highest BCUT2D eigenvalue weighted by Crippen LogP contribution is 2.27. The molecule has 0 bridgehead atoms. The molecule has 1 aliphatic heterocycles. The lowest BCUT2D eigenvalue weighted by molar-refractivity contribution is -0.385. The van der Waals surface area contributed by atoms with Gasteiger partial charge in [0.05, 0.1) is 15.5 Å². The van der Waals surface area contributed by atoms with Gasteiger partial charge < -0.3 is 4.90 Å². The van der Waals surface area contributed by atoms with Crippen molar-refractivity contribution in [2.24, 2.45) is 0 Å². The average Bonchev–Trinajstić information content (AvgIpc) is 2.81. The number of hydrogen-bond donors (Lipinski definition) is 0. The maximum atomic E-state index is 13.1. The number of aryl methyl sites for hydroxylation is 3. The minimum absolute atomic E-state index is 0.0253. The van der Waals surface area contributed by atoms with Crippen LogP contribution in [0.4, 0.5) is 11.5 Å². The first-order chi connectivity index (χ1) is 15.7. The third-order valence-corrected chi connectivity index (χ3v) is 8.06. The Morgan fingerprint density at radius 2 is 1.55 bits per heavy atom. The number of non-ortho nitro benzene ring substituents is 1. The van der Waals surface area contributed by atoms with Crippen LogP contribution in [0.2, 0.25) is 0 Å². The third-order valence-electron chi connectivity index (χ3n) is 6.02. The molecule has 3 aromatic rings. The molecule has 2 heterocycles. The van der Waals surface area contributed by atoms with E-state index in [0.717, 1.165) is 17.3 Å². The number of rotatable bonds is 5. The van der Waals surface area contributed by atoms with Gasteiger partial charge in [-0.25, -0.2) is 8.42 Å². The molecule has 0 amide bonds. The minimum Gasteiger partial charge on any atom is -0.352 e. The van der Waals surface area contributed by atoms with E-state index in [-0.39, 0.29) is 23.7 Å². The zero-order valence-corrected chi connectivity index (χ0v) is 19.5. The first-order valence-electron chi connectivity index (χ1n) is 10.6. The summed E-state index contributed by atoms with van der Waals surface area (Å²) in [5, 5.41) is 19.8. The Kier molecular flexibility index (Phi) is 6.13. The highest BCUT2D eigenvalue weighted by atomic mass is 32.2. The fourth-order valence-electron chi connectivity index (χ4n) is 3.83. The number of anilines is 1. The Morgan fingerprint density at radius 3 is 2.15 bits per heavy atom. The minimum atomic E-state index is -3.84. The molecule has 1 aromatic heterocycles. The Morgan fingerprint density at radius 1 is 0.848 bits per heavy atom. The van der Waals surface area contributed by atoms with E-state index in [1.165, 1.54) is 27.6 Å². The van der Waals surface area contributed by atoms with Crippen molar-refractivity contribution < 1.29 is 13.3 Å². The number of benzene rings is 2. The Labute approximate surface area is 192 Å². The molecule has 0 radical (unpaired) electrons. The van der Waals surface area contributed by atoms with E-state index in [1.54, 1.807) is 6.92 Å². The fraction of sp³-hybridized carbons (Fsp3) is 0.304. The summed E-state index contributed by atoms with van der Waals surface area (Å²) in [5.41, 5.74) is 4.43. The van der Waals surface area contributed by atoms with Crippen molar-refractivity contribution in [3.63, 3.8) is 0 Å². The summed E-state index contributed by atoms with van der Waals surface area (Å²) in [6.07, 6.45) is 0. The molecule has 0 spiro atoms. The SMILES string of the molecule is Cc1ccc(-c2ccc(N3CCN(S(=O)(=O)c4cc([N+](=O)[O-])ccc4C)CC3)nn2)cc1C. The summed E-state index contributed by atoms with van der Waals surface area (Å²) >= 11 is 0. The topological polar surface area (TPSA) is 110 Å². The molecule has 0 saturated carbocycles. The van der Waals surface area contributed by atoms with Crippen molar-refractivity contribution in [1.29, 1.82) is 0 Å². The highest BCUT2D eigenvalue weighted by Gasteiger charge is 2.31. The summed E-state index contributed by atoms with van der Waals surface area (Å²) in [4.78, 5) is 12.5. The van der Waals surface area contributed by atoms with E-state index in [2.05, 4.69) is 36.2 Å². The van der Waals surface area contributed by atoms with Crippen LogP contribution in [0.3, 0.4) is 0 Å². The van der Waals surface area contributed by atoms with E-state index in [9.17, 15) is 18.5 Å². The van der Waals surface area contributed by atoms with Gasteiger partial charge in [0.25, 0.3) is 5.69 Å². The second-order valence-electron chi connectivity index (χ2n) is 8.17. The predicted octanol–water partition coefficient (Wildman–Crippen LogP) is 3.49. The van der Waals surface area contributed by atoms with Gasteiger partial charge in [-0.3, -0.25) is 10.1 Å². The van der Waals surface area contributed by atoms with Crippen LogP contribution in [-0.4, -0.2) is 54.0 Å². The summed E-state index contributed by atoms with van der Waals surface area (Å²) < 4.78 is 27.6. The molecule has 2 aromatic carbocycles. The van der Waals surface area contributed by atoms with Gasteiger partial charge >= 0.3 is 0 Å². The molecular formula is C23H25N5O4S. The van der Waals surface area contributed by atoms with E-state index in [4.69, 9.17) is 0 Å². The molecule has 172 valence electrons. The van der Waals surface area contributed by atoms with Crippen LogP contribution in [0.1, 0.15) is 16.7 Å². The number of aromatic nitrogens is 2. The summed E-state index contributed by atoms with van der Waals surface area (Å²) in [5.74, 6) is 0.686. The van der Waals surface area contributed by atoms with Gasteiger partial charge in [-0.05, 0) is 55.7 Å². The molecule has 33 heavy (non-hydrogen) atoms. The average molecular weight is 468 g/mol. The van der Waals surface area contributed by atoms with Gasteiger partial charge in [-0.15, -0.1) is 10.2 Å². The monoisotopic (exact) mass is 467 g/mol. The van der Waals surface area contributed by atoms with Crippen molar-refractivity contribution in [1.82, 2.24) is 14.5 Å². The normalized spacial score (nSPS) is 14.9. The molecule has 9 nitrogen and oxygen atoms in total. The number of sulfonamides is 1. The van der Waals surface area contributed by atoms with E-state index < -0.39 is 14.9 Å². The van der Waals surface area contributed by atoms with Gasteiger partial charge in [0.2, 0.25) is 10.0 Å². The van der Waals surface area contributed by atoms with Crippen molar-refractivity contribution in [2.75, 3.05) is 31.1 Å². The molecule has 4 rings (SSSR count). The van der Waals surface area contributed by atoms with Gasteiger partial charge in [0, 0.05) is 43.9 Å². The lowest BCUT2D eigenvalue weighted by atomic mass is 10.0. The summed E-state index contributed by atoms with van der Waals surface area (Å²) in [7, 11) is -3.84. The number of nitrogens with zero attached hydrogens (tertiary/aromatic N) is 5. The smallest absolute Gasteiger partial charge is 0.270 e. The summed E-state index contributed by atoms with van der Waals surface area (Å²) in [6, 6.07) is 13.9. The van der Waals surface area contributed by atoms with Crippen LogP contribution < -0.4 is 4.90 Å². The quantitative estimate of drug-likeness (QED) is 0.417. The van der Waals surface area contributed by atoms with Crippen LogP contribution >= 0.6 is 0 Å². The molecule has 0 aliphatic carbocycles. The molecule has 0 unspecified atom stereocenters. The van der Waals surface area contributed by atoms with Crippen molar-refractivity contribution in [3.8, 4) is 11.3 Å². The first-order valence-corrected chi connectivity index (χ1v) is 12.0. The molecule has 10 heteroatoms. The van der Waals surface area contributed by atoms with Crippen LogP contribution in [0.25, 0.3) is 11.3 Å². The standard InChI is InChI=1S/C23H25N5O4S/c1-16-4-6-19(14-18(16)3)21-8-9-23(25-24-21)26-10-12-27(13-11-26)33(31,32)22-15-20(28(29)30)7-5-17(22)2/h4-9,14-15H,10-13H2,1-3H3. The Balaban J connectivity index is 1.47. The largest absolute Gasteiger partial charge is 0.352 e. The van der Waals surface area contributed by atoms with E-state index >= 15 is 0 Å². The van der Waals surface area contributed by atoms with Crippen molar-refractivity contribution in [2.45, 2.75) is 25.7 Å². The van der Waals surface area contributed by atoms with Crippen LogP contribution in [0.15, 0.2) is 53.4 Å². The zero-order valence-electron chi connectivity index (χ0n) is 18.7. The Bertz CT molecular complexity index is 1300. The van der Waals surface area contributed by atoms with Crippen molar-refractivity contribution in [3.05, 3.63) is 75.3 Å². The molecule has 1 saturated heterocycles. The maximum Gasteiger partial charge on any atom is 0.270 e. The number of piperazine rings is 1. The highest BCUT2D eigenvalue weighted by molar-refractivity contribution is 7.89. The molecule has 0 N–H and O–H groups in total. The predicted molar refractivity (Wildman–Crippen MR) is 126 cm³/mol. The number of hydrogen-bond acceptors (Lipinski definition) is 7. The summed E-state index contributed by atoms with van der Waals surface area (Å²) in [6.45, 7) is 7.17. The second-order valence-corrected chi connectivity index (χ2v) is 10.1. The third kappa shape index (κ3) is 4.57. The van der Waals surface area contributed by atoms with Gasteiger partial charge in [0.1, 0.15) is 0 Å². The lowest BCUT2D eigenvalue weighted by Crippen LogP contribution is -2.49. The van der Waals surface area contributed by atoms with Crippen LogP contribution in [-0.2, 0) is 10.0 Å².